The van der Waals surface area contributed by atoms with E-state index in [1.165, 1.54) is 0 Å². The van der Waals surface area contributed by atoms with Crippen LogP contribution in [0.4, 0.5) is 5.69 Å². The number of phenolic OH excluding ortho intramolecular Hbond substituents is 2. The summed E-state index contributed by atoms with van der Waals surface area (Å²) in [6.07, 6.45) is 1.63. The van der Waals surface area contributed by atoms with Crippen LogP contribution in [0.2, 0.25) is 0 Å². The van der Waals surface area contributed by atoms with Crippen molar-refractivity contribution in [3.8, 4) is 11.5 Å². The van der Waals surface area contributed by atoms with E-state index in [2.05, 4.69) is 4.90 Å². The van der Waals surface area contributed by atoms with Gasteiger partial charge in [0.05, 0.1) is 4.92 Å². The highest BCUT2D eigenvalue weighted by molar-refractivity contribution is 5.97. The largest absolute Gasteiger partial charge is 0.504 e. The molecule has 1 amide bonds. The van der Waals surface area contributed by atoms with Crippen molar-refractivity contribution in [3.05, 3.63) is 27.8 Å². The maximum Gasteiger partial charge on any atom is 0.315 e. The fraction of sp³-hybridized carbons (Fsp3) is 0.579. The van der Waals surface area contributed by atoms with Crippen LogP contribution in [0.15, 0.2) is 12.1 Å². The second-order valence-corrected chi connectivity index (χ2v) is 6.92. The third-order valence-electron chi connectivity index (χ3n) is 5.26. The average molecular weight is 430 g/mol. The summed E-state index contributed by atoms with van der Waals surface area (Å²) in [6.45, 7) is 7.24. The molecule has 1 aliphatic rings. The van der Waals surface area contributed by atoms with E-state index in [0.29, 0.717) is 32.7 Å². The predicted octanol–water partition coefficient (Wildman–Crippen LogP) is 2.58. The molecular formula is C19H28ClN3O6. The van der Waals surface area contributed by atoms with Gasteiger partial charge in [-0.3, -0.25) is 19.7 Å². The molecule has 1 saturated heterocycles. The molecule has 1 aromatic carbocycles. The van der Waals surface area contributed by atoms with Crippen molar-refractivity contribution in [1.29, 1.82) is 0 Å². The number of piperidine rings is 1. The lowest BCUT2D eigenvalue weighted by Crippen LogP contribution is -2.42. The number of halogens is 1. The monoisotopic (exact) mass is 429 g/mol. The maximum atomic E-state index is 12.4. The van der Waals surface area contributed by atoms with E-state index in [4.69, 9.17) is 0 Å². The van der Waals surface area contributed by atoms with Crippen LogP contribution >= 0.6 is 12.4 Å². The molecule has 10 heteroatoms. The topological polar surface area (TPSA) is 124 Å². The van der Waals surface area contributed by atoms with Gasteiger partial charge in [-0.25, -0.2) is 0 Å². The molecule has 2 rings (SSSR count). The number of Topliss-reactive ketones (excluding diaryl/α,β-unsaturated/α-hetero) is 1. The van der Waals surface area contributed by atoms with Crippen LogP contribution in [0.3, 0.4) is 0 Å². The van der Waals surface area contributed by atoms with Gasteiger partial charge in [0.15, 0.2) is 11.5 Å². The van der Waals surface area contributed by atoms with Crippen LogP contribution in [-0.4, -0.2) is 69.4 Å². The molecule has 1 heterocycles. The zero-order chi connectivity index (χ0) is 20.8. The Morgan fingerprint density at radius 1 is 1.21 bits per heavy atom. The first-order chi connectivity index (χ1) is 13.3. The van der Waals surface area contributed by atoms with Crippen molar-refractivity contribution in [2.24, 2.45) is 5.92 Å². The number of hydrogen-bond donors (Lipinski definition) is 2. The summed E-state index contributed by atoms with van der Waals surface area (Å²) in [4.78, 5) is 38.8. The lowest BCUT2D eigenvalue weighted by molar-refractivity contribution is -0.386. The lowest BCUT2D eigenvalue weighted by Gasteiger charge is -2.33. The molecule has 29 heavy (non-hydrogen) atoms. The number of phenols is 2. The molecule has 0 saturated carbocycles. The molecule has 9 nitrogen and oxygen atoms in total. The minimum Gasteiger partial charge on any atom is -0.504 e. The van der Waals surface area contributed by atoms with Gasteiger partial charge < -0.3 is 20.0 Å². The smallest absolute Gasteiger partial charge is 0.315 e. The van der Waals surface area contributed by atoms with Crippen LogP contribution in [-0.2, 0) is 4.79 Å². The average Bonchev–Trinajstić information content (AvgIpc) is 2.69. The summed E-state index contributed by atoms with van der Waals surface area (Å²) in [7, 11) is 0. The number of likely N-dealkylation sites (tertiary alicyclic amines) is 1. The van der Waals surface area contributed by atoms with Crippen LogP contribution in [0.25, 0.3) is 0 Å². The van der Waals surface area contributed by atoms with E-state index in [9.17, 15) is 29.9 Å². The van der Waals surface area contributed by atoms with Crippen molar-refractivity contribution in [2.45, 2.75) is 33.1 Å². The fourth-order valence-corrected chi connectivity index (χ4v) is 3.51. The molecule has 162 valence electrons. The Morgan fingerprint density at radius 3 is 2.31 bits per heavy atom. The minimum absolute atomic E-state index is 0. The number of nitro groups is 1. The maximum absolute atomic E-state index is 12.4. The number of nitro benzene ring substituents is 1. The summed E-state index contributed by atoms with van der Waals surface area (Å²) in [5.74, 6) is -1.68. The number of amides is 1. The second-order valence-electron chi connectivity index (χ2n) is 6.92. The highest BCUT2D eigenvalue weighted by atomic mass is 35.5. The van der Waals surface area contributed by atoms with Crippen LogP contribution in [0.5, 0.6) is 11.5 Å². The number of nitrogens with zero attached hydrogens (tertiary/aromatic N) is 3. The van der Waals surface area contributed by atoms with Crippen molar-refractivity contribution in [3.63, 3.8) is 0 Å². The van der Waals surface area contributed by atoms with E-state index in [-0.39, 0.29) is 42.0 Å². The highest BCUT2D eigenvalue weighted by Crippen LogP contribution is 2.36. The van der Waals surface area contributed by atoms with Crippen molar-refractivity contribution in [1.82, 2.24) is 9.80 Å². The van der Waals surface area contributed by atoms with E-state index >= 15 is 0 Å². The Bertz CT molecular complexity index is 746. The van der Waals surface area contributed by atoms with Crippen LogP contribution < -0.4 is 0 Å². The summed E-state index contributed by atoms with van der Waals surface area (Å²) < 4.78 is 0. The zero-order valence-electron chi connectivity index (χ0n) is 16.7. The van der Waals surface area contributed by atoms with Gasteiger partial charge in [0.25, 0.3) is 0 Å². The summed E-state index contributed by atoms with van der Waals surface area (Å²) in [5.41, 5.74) is -0.701. The van der Waals surface area contributed by atoms with E-state index in [1.54, 1.807) is 0 Å². The first-order valence-electron chi connectivity index (χ1n) is 9.53. The van der Waals surface area contributed by atoms with Gasteiger partial charge >= 0.3 is 5.69 Å². The van der Waals surface area contributed by atoms with Gasteiger partial charge in [-0.2, -0.15) is 0 Å². The van der Waals surface area contributed by atoms with Crippen molar-refractivity contribution < 1.29 is 24.7 Å². The third kappa shape index (κ3) is 6.04. The molecule has 0 aromatic heterocycles. The quantitative estimate of drug-likeness (QED) is 0.281. The van der Waals surface area contributed by atoms with Crippen molar-refractivity contribution >= 4 is 29.8 Å². The van der Waals surface area contributed by atoms with Crippen LogP contribution in [0, 0.1) is 16.0 Å². The fourth-order valence-electron chi connectivity index (χ4n) is 3.51. The minimum atomic E-state index is -0.846. The molecule has 1 fully saturated rings. The Kier molecular flexibility index (Phi) is 9.32. The Balaban J connectivity index is 0.00000420. The number of carbonyl (C=O) groups is 2. The van der Waals surface area contributed by atoms with Gasteiger partial charge in [-0.05, 0) is 45.8 Å². The number of carbonyl (C=O) groups excluding carboxylic acids is 2. The Labute approximate surface area is 175 Å². The molecule has 0 aliphatic carbocycles. The normalized spacial score (nSPS) is 14.8. The van der Waals surface area contributed by atoms with Gasteiger partial charge in [-0.15, -0.1) is 12.4 Å². The number of benzene rings is 1. The second kappa shape index (κ2) is 11.0. The molecule has 0 atom stereocenters. The van der Waals surface area contributed by atoms with Gasteiger partial charge in [0.2, 0.25) is 11.7 Å². The first kappa shape index (κ1) is 24.6. The number of ketones is 1. The molecule has 2 N–H and O–H groups in total. The molecule has 0 bridgehead atoms. The first-order valence-corrected chi connectivity index (χ1v) is 9.53. The van der Waals surface area contributed by atoms with E-state index in [0.717, 1.165) is 25.0 Å². The third-order valence-corrected chi connectivity index (χ3v) is 5.26. The van der Waals surface area contributed by atoms with Gasteiger partial charge in [0, 0.05) is 43.6 Å². The molecular weight excluding hydrogens is 402 g/mol. The van der Waals surface area contributed by atoms with Gasteiger partial charge in [-0.1, -0.05) is 0 Å². The molecule has 0 radical (unpaired) electrons. The lowest BCUT2D eigenvalue weighted by atomic mass is 9.95. The zero-order valence-corrected chi connectivity index (χ0v) is 17.5. The van der Waals surface area contributed by atoms with Gasteiger partial charge in [0.1, 0.15) is 0 Å². The number of hydrogen-bond acceptors (Lipinski definition) is 7. The van der Waals surface area contributed by atoms with E-state index < -0.39 is 22.1 Å². The molecule has 1 aromatic rings. The SMILES string of the molecule is CCN(CC)C(=O)C1CCN(CCC(=O)c2cc(O)c(O)c([N+](=O)[O-])c2)CC1.Cl. The Hall–Kier alpha value is -2.39. The van der Waals surface area contributed by atoms with E-state index in [1.807, 2.05) is 18.7 Å². The van der Waals surface area contributed by atoms with Crippen molar-refractivity contribution in [2.75, 3.05) is 32.7 Å². The standard InChI is InChI=1S/C19H27N3O6.ClH/c1-3-21(4-2)19(26)13-5-8-20(9-6-13)10-7-16(23)14-11-15(22(27)28)18(25)17(24)12-14;/h11-13,24-25H,3-10H2,1-2H3;1H. The molecule has 1 aliphatic heterocycles. The molecule has 0 unspecified atom stereocenters. The summed E-state index contributed by atoms with van der Waals surface area (Å²) in [6, 6.07) is 2.02. The van der Waals surface area contributed by atoms with Crippen LogP contribution in [0.1, 0.15) is 43.5 Å². The Morgan fingerprint density at radius 2 is 1.79 bits per heavy atom. The number of rotatable bonds is 8. The predicted molar refractivity (Wildman–Crippen MR) is 110 cm³/mol. The highest BCUT2D eigenvalue weighted by Gasteiger charge is 2.28. The summed E-state index contributed by atoms with van der Waals surface area (Å²) >= 11 is 0. The number of aromatic hydroxyl groups is 2. The summed E-state index contributed by atoms with van der Waals surface area (Å²) in [5, 5.41) is 30.0. The molecule has 0 spiro atoms.